The Labute approximate surface area is 141 Å². The van der Waals surface area contributed by atoms with Crippen molar-refractivity contribution < 1.29 is 4.74 Å². The van der Waals surface area contributed by atoms with E-state index in [-0.39, 0.29) is 0 Å². The second-order valence-electron chi connectivity index (χ2n) is 5.94. The van der Waals surface area contributed by atoms with Gasteiger partial charge in [-0.15, -0.1) is 0 Å². The van der Waals surface area contributed by atoms with Gasteiger partial charge in [-0.3, -0.25) is 4.98 Å². The maximum Gasteiger partial charge on any atom is 0.148 e. The third kappa shape index (κ3) is 2.96. The van der Waals surface area contributed by atoms with E-state index in [1.54, 1.807) is 0 Å². The smallest absolute Gasteiger partial charge is 0.148 e. The summed E-state index contributed by atoms with van der Waals surface area (Å²) in [4.78, 5) is 11.6. The van der Waals surface area contributed by atoms with Gasteiger partial charge in [0.05, 0.1) is 30.4 Å². The second kappa shape index (κ2) is 6.55. The Morgan fingerprint density at radius 2 is 1.83 bits per heavy atom. The van der Waals surface area contributed by atoms with Crippen molar-refractivity contribution in [1.82, 2.24) is 9.97 Å². The van der Waals surface area contributed by atoms with Crippen molar-refractivity contribution in [3.05, 3.63) is 54.2 Å². The van der Waals surface area contributed by atoms with E-state index >= 15 is 0 Å². The van der Waals surface area contributed by atoms with E-state index in [1.807, 2.05) is 24.4 Å². The highest BCUT2D eigenvalue weighted by molar-refractivity contribution is 5.82. The molecular formula is C19H20N4O. The number of nitrogens with two attached hydrogens (primary N) is 1. The molecule has 0 amide bonds. The van der Waals surface area contributed by atoms with Gasteiger partial charge in [-0.1, -0.05) is 24.3 Å². The zero-order valence-electron chi connectivity index (χ0n) is 13.5. The largest absolute Gasteiger partial charge is 0.378 e. The summed E-state index contributed by atoms with van der Waals surface area (Å²) in [7, 11) is 0. The number of nitrogens with zero attached hydrogens (tertiary/aromatic N) is 3. The third-order valence-electron chi connectivity index (χ3n) is 4.36. The number of anilines is 1. The van der Waals surface area contributed by atoms with E-state index in [4.69, 9.17) is 15.5 Å². The van der Waals surface area contributed by atoms with Gasteiger partial charge in [-0.05, 0) is 34.9 Å². The first-order valence-corrected chi connectivity index (χ1v) is 8.22. The molecule has 1 aromatic heterocycles. The molecule has 122 valence electrons. The molecule has 3 aromatic rings. The first-order valence-electron chi connectivity index (χ1n) is 8.22. The van der Waals surface area contributed by atoms with Gasteiger partial charge in [0.15, 0.2) is 0 Å². The van der Waals surface area contributed by atoms with Crippen molar-refractivity contribution in [1.29, 1.82) is 0 Å². The fourth-order valence-electron chi connectivity index (χ4n) is 3.00. The van der Waals surface area contributed by atoms with Crippen molar-refractivity contribution >= 4 is 16.9 Å². The SMILES string of the molecule is NCc1cccc(-c2ccc3ncc(N4CCOCC4)nc3c2)c1. The van der Waals surface area contributed by atoms with Crippen LogP contribution in [0.15, 0.2) is 48.7 Å². The van der Waals surface area contributed by atoms with E-state index in [9.17, 15) is 0 Å². The first-order chi connectivity index (χ1) is 11.8. The molecule has 2 aromatic carbocycles. The van der Waals surface area contributed by atoms with Crippen LogP contribution in [0.3, 0.4) is 0 Å². The minimum Gasteiger partial charge on any atom is -0.378 e. The standard InChI is InChI=1S/C19H20N4O/c20-12-14-2-1-3-15(10-14)16-4-5-17-18(11-16)22-19(13-21-17)23-6-8-24-9-7-23/h1-5,10-11,13H,6-9,12,20H2. The molecule has 1 aliphatic rings. The number of rotatable bonds is 3. The van der Waals surface area contributed by atoms with Crippen LogP contribution >= 0.6 is 0 Å². The summed E-state index contributed by atoms with van der Waals surface area (Å²) in [6.07, 6.45) is 1.85. The summed E-state index contributed by atoms with van der Waals surface area (Å²) >= 11 is 0. The maximum atomic E-state index is 5.75. The summed E-state index contributed by atoms with van der Waals surface area (Å²) in [5, 5.41) is 0. The van der Waals surface area contributed by atoms with E-state index in [0.717, 1.165) is 59.8 Å². The number of fused-ring (bicyclic) bond motifs is 1. The number of hydrogen-bond acceptors (Lipinski definition) is 5. The van der Waals surface area contributed by atoms with Crippen molar-refractivity contribution in [3.63, 3.8) is 0 Å². The predicted molar refractivity (Wildman–Crippen MR) is 95.9 cm³/mol. The number of morpholine rings is 1. The highest BCUT2D eigenvalue weighted by Gasteiger charge is 2.13. The first kappa shape index (κ1) is 15.1. The molecule has 0 unspecified atom stereocenters. The topological polar surface area (TPSA) is 64.3 Å². The number of benzene rings is 2. The Morgan fingerprint density at radius 1 is 1.00 bits per heavy atom. The van der Waals surface area contributed by atoms with Crippen LogP contribution < -0.4 is 10.6 Å². The molecule has 2 N–H and O–H groups in total. The number of hydrogen-bond donors (Lipinski definition) is 1. The molecule has 2 heterocycles. The van der Waals surface area contributed by atoms with Crippen molar-refractivity contribution in [2.75, 3.05) is 31.2 Å². The monoisotopic (exact) mass is 320 g/mol. The quantitative estimate of drug-likeness (QED) is 0.803. The molecule has 5 nitrogen and oxygen atoms in total. The van der Waals surface area contributed by atoms with Gasteiger partial charge in [-0.25, -0.2) is 4.98 Å². The lowest BCUT2D eigenvalue weighted by atomic mass is 10.0. The summed E-state index contributed by atoms with van der Waals surface area (Å²) in [6.45, 7) is 3.75. The fraction of sp³-hybridized carbons (Fsp3) is 0.263. The van der Waals surface area contributed by atoms with Crippen LogP contribution in [0.2, 0.25) is 0 Å². The summed E-state index contributed by atoms with van der Waals surface area (Å²) < 4.78 is 5.41. The Morgan fingerprint density at radius 3 is 2.67 bits per heavy atom. The Kier molecular flexibility index (Phi) is 4.11. The molecule has 1 fully saturated rings. The highest BCUT2D eigenvalue weighted by Crippen LogP contribution is 2.25. The lowest BCUT2D eigenvalue weighted by molar-refractivity contribution is 0.122. The maximum absolute atomic E-state index is 5.75. The van der Waals surface area contributed by atoms with Gasteiger partial charge in [0.1, 0.15) is 5.82 Å². The molecule has 0 atom stereocenters. The van der Waals surface area contributed by atoms with Crippen molar-refractivity contribution in [2.24, 2.45) is 5.73 Å². The van der Waals surface area contributed by atoms with Crippen LogP contribution in [-0.2, 0) is 11.3 Å². The summed E-state index contributed by atoms with van der Waals surface area (Å²) in [5.41, 5.74) is 11.0. The van der Waals surface area contributed by atoms with E-state index < -0.39 is 0 Å². The summed E-state index contributed by atoms with van der Waals surface area (Å²) in [5.74, 6) is 0.915. The zero-order valence-corrected chi connectivity index (χ0v) is 13.5. The minimum absolute atomic E-state index is 0.544. The average molecular weight is 320 g/mol. The normalized spacial score (nSPS) is 15.0. The molecule has 5 heteroatoms. The van der Waals surface area contributed by atoms with Gasteiger partial charge in [0.25, 0.3) is 0 Å². The van der Waals surface area contributed by atoms with Gasteiger partial charge in [0.2, 0.25) is 0 Å². The Bertz CT molecular complexity index is 859. The molecule has 4 rings (SSSR count). The van der Waals surface area contributed by atoms with Gasteiger partial charge in [0, 0.05) is 19.6 Å². The molecule has 0 radical (unpaired) electrons. The second-order valence-corrected chi connectivity index (χ2v) is 5.94. The van der Waals surface area contributed by atoms with E-state index in [2.05, 4.69) is 34.1 Å². The Hall–Kier alpha value is -2.50. The molecule has 1 aliphatic heterocycles. The van der Waals surface area contributed by atoms with Crippen molar-refractivity contribution in [3.8, 4) is 11.1 Å². The van der Waals surface area contributed by atoms with Gasteiger partial charge < -0.3 is 15.4 Å². The molecule has 24 heavy (non-hydrogen) atoms. The zero-order chi connectivity index (χ0) is 16.4. The predicted octanol–water partition coefficient (Wildman–Crippen LogP) is 2.59. The van der Waals surface area contributed by atoms with Crippen LogP contribution in [0.4, 0.5) is 5.82 Å². The molecule has 1 saturated heterocycles. The lowest BCUT2D eigenvalue weighted by Gasteiger charge is -2.27. The van der Waals surface area contributed by atoms with Crippen LogP contribution in [0.25, 0.3) is 22.2 Å². The minimum atomic E-state index is 0.544. The van der Waals surface area contributed by atoms with Gasteiger partial charge in [-0.2, -0.15) is 0 Å². The molecule has 0 aliphatic carbocycles. The fourth-order valence-corrected chi connectivity index (χ4v) is 3.00. The van der Waals surface area contributed by atoms with E-state index in [1.165, 1.54) is 0 Å². The molecule has 0 spiro atoms. The van der Waals surface area contributed by atoms with Crippen LogP contribution in [0.1, 0.15) is 5.56 Å². The molecular weight excluding hydrogens is 300 g/mol. The van der Waals surface area contributed by atoms with Crippen LogP contribution in [0, 0.1) is 0 Å². The number of ether oxygens (including phenoxy) is 1. The number of aromatic nitrogens is 2. The van der Waals surface area contributed by atoms with Crippen LogP contribution in [0.5, 0.6) is 0 Å². The van der Waals surface area contributed by atoms with Crippen molar-refractivity contribution in [2.45, 2.75) is 6.54 Å². The van der Waals surface area contributed by atoms with Gasteiger partial charge >= 0.3 is 0 Å². The lowest BCUT2D eigenvalue weighted by Crippen LogP contribution is -2.36. The highest BCUT2D eigenvalue weighted by atomic mass is 16.5. The molecule has 0 saturated carbocycles. The third-order valence-corrected chi connectivity index (χ3v) is 4.36. The van der Waals surface area contributed by atoms with Crippen LogP contribution in [-0.4, -0.2) is 36.3 Å². The average Bonchev–Trinajstić information content (AvgIpc) is 2.68. The molecule has 0 bridgehead atoms. The van der Waals surface area contributed by atoms with E-state index in [0.29, 0.717) is 6.54 Å². The summed E-state index contributed by atoms with van der Waals surface area (Å²) in [6, 6.07) is 14.5. The Balaban J connectivity index is 1.72.